The zero-order valence-electron chi connectivity index (χ0n) is 16.4. The maximum absolute atomic E-state index is 13.3. The zero-order valence-corrected chi connectivity index (χ0v) is 17.2. The molecule has 2 aliphatic heterocycles. The number of anilines is 2. The van der Waals surface area contributed by atoms with E-state index in [0.29, 0.717) is 30.9 Å². The number of ether oxygens (including phenoxy) is 1. The molecular weight excluding hydrogens is 400 g/mol. The Bertz CT molecular complexity index is 1130. The van der Waals surface area contributed by atoms with Gasteiger partial charge in [-0.3, -0.25) is 14.5 Å². The second kappa shape index (κ2) is 7.21. The van der Waals surface area contributed by atoms with Gasteiger partial charge in [0, 0.05) is 36.4 Å². The third kappa shape index (κ3) is 3.04. The molecule has 1 aromatic heterocycles. The second-order valence-electron chi connectivity index (χ2n) is 7.30. The first-order valence-corrected chi connectivity index (χ1v) is 10.5. The Balaban J connectivity index is 1.30. The maximum Gasteiger partial charge on any atom is 0.261 e. The minimum atomic E-state index is -0.922. The minimum Gasteiger partial charge on any atom is -0.486 e. The molecule has 5 rings (SSSR count). The maximum atomic E-state index is 13.3. The number of aromatic nitrogens is 2. The van der Waals surface area contributed by atoms with Gasteiger partial charge in [0.05, 0.1) is 5.69 Å². The van der Waals surface area contributed by atoms with Gasteiger partial charge in [0.25, 0.3) is 5.91 Å². The van der Waals surface area contributed by atoms with E-state index in [1.54, 1.807) is 23.2 Å². The lowest BCUT2D eigenvalue weighted by Gasteiger charge is -2.29. The van der Waals surface area contributed by atoms with E-state index in [1.165, 1.54) is 11.8 Å². The lowest BCUT2D eigenvalue weighted by Crippen LogP contribution is -2.49. The monoisotopic (exact) mass is 420 g/mol. The van der Waals surface area contributed by atoms with Crippen molar-refractivity contribution in [2.24, 2.45) is 7.05 Å². The molecule has 0 bridgehead atoms. The summed E-state index contributed by atoms with van der Waals surface area (Å²) in [7, 11) is 1.92. The van der Waals surface area contributed by atoms with Crippen molar-refractivity contribution in [1.29, 1.82) is 0 Å². The van der Waals surface area contributed by atoms with Crippen molar-refractivity contribution in [2.45, 2.75) is 29.2 Å². The van der Waals surface area contributed by atoms with E-state index in [-0.39, 0.29) is 11.8 Å². The number of benzene rings is 2. The third-order valence-electron chi connectivity index (χ3n) is 5.43. The Kier molecular flexibility index (Phi) is 4.51. The highest BCUT2D eigenvalue weighted by molar-refractivity contribution is 8.02. The van der Waals surface area contributed by atoms with Gasteiger partial charge in [-0.1, -0.05) is 23.9 Å². The molecule has 3 heterocycles. The normalized spacial score (nSPS) is 19.5. The van der Waals surface area contributed by atoms with Gasteiger partial charge in [-0.25, -0.2) is 4.98 Å². The Morgan fingerprint density at radius 2 is 2.03 bits per heavy atom. The predicted molar refractivity (Wildman–Crippen MR) is 114 cm³/mol. The van der Waals surface area contributed by atoms with Crippen molar-refractivity contribution in [2.75, 3.05) is 10.2 Å². The lowest BCUT2D eigenvalue weighted by molar-refractivity contribution is -0.121. The van der Waals surface area contributed by atoms with Gasteiger partial charge in [0.2, 0.25) is 5.91 Å². The summed E-state index contributed by atoms with van der Waals surface area (Å²) >= 11 is 1.46. The Morgan fingerprint density at radius 1 is 1.23 bits per heavy atom. The van der Waals surface area contributed by atoms with Crippen molar-refractivity contribution in [3.05, 3.63) is 66.7 Å². The van der Waals surface area contributed by atoms with Crippen molar-refractivity contribution in [3.63, 3.8) is 0 Å². The van der Waals surface area contributed by atoms with Crippen molar-refractivity contribution >= 4 is 35.0 Å². The molecule has 152 valence electrons. The van der Waals surface area contributed by atoms with Gasteiger partial charge in [-0.05, 0) is 42.8 Å². The molecule has 1 N–H and O–H groups in total. The van der Waals surface area contributed by atoms with Gasteiger partial charge >= 0.3 is 0 Å². The summed E-state index contributed by atoms with van der Waals surface area (Å²) in [5, 5.41) is 2.98. The van der Waals surface area contributed by atoms with Crippen LogP contribution in [0.1, 0.15) is 18.7 Å². The average molecular weight is 420 g/mol. The molecule has 2 amide bonds. The summed E-state index contributed by atoms with van der Waals surface area (Å²) in [4.78, 5) is 31.7. The van der Waals surface area contributed by atoms with Crippen molar-refractivity contribution < 1.29 is 14.3 Å². The van der Waals surface area contributed by atoms with Crippen LogP contribution in [0.3, 0.4) is 0 Å². The number of amides is 2. The van der Waals surface area contributed by atoms with Gasteiger partial charge < -0.3 is 14.6 Å². The smallest absolute Gasteiger partial charge is 0.261 e. The number of imidazole rings is 1. The van der Waals surface area contributed by atoms with Crippen LogP contribution in [0.15, 0.2) is 65.8 Å². The van der Waals surface area contributed by atoms with Crippen LogP contribution in [0, 0.1) is 0 Å². The number of rotatable bonds is 5. The van der Waals surface area contributed by atoms with E-state index < -0.39 is 4.87 Å². The van der Waals surface area contributed by atoms with Crippen LogP contribution < -0.4 is 15.0 Å². The quantitative estimate of drug-likeness (QED) is 0.683. The van der Waals surface area contributed by atoms with Crippen molar-refractivity contribution in [3.8, 4) is 5.75 Å². The molecule has 1 saturated heterocycles. The number of carbonyl (C=O) groups excluding carboxylic acids is 2. The molecule has 1 atom stereocenters. The number of hydrogen-bond donors (Lipinski definition) is 1. The fourth-order valence-corrected chi connectivity index (χ4v) is 5.26. The summed E-state index contributed by atoms with van der Waals surface area (Å²) in [6.07, 6.45) is 4.46. The Hall–Kier alpha value is -3.26. The minimum absolute atomic E-state index is 0.0133. The van der Waals surface area contributed by atoms with E-state index in [2.05, 4.69) is 10.3 Å². The molecule has 2 aromatic carbocycles. The first-order chi connectivity index (χ1) is 14.6. The Morgan fingerprint density at radius 3 is 2.80 bits per heavy atom. The average Bonchev–Trinajstić information content (AvgIpc) is 3.41. The Labute approximate surface area is 178 Å². The van der Waals surface area contributed by atoms with Crippen LogP contribution in [0.4, 0.5) is 11.4 Å². The van der Waals surface area contributed by atoms with E-state index in [4.69, 9.17) is 4.74 Å². The largest absolute Gasteiger partial charge is 0.486 e. The van der Waals surface area contributed by atoms with Crippen LogP contribution >= 0.6 is 11.8 Å². The van der Waals surface area contributed by atoms with E-state index in [1.807, 2.05) is 54.2 Å². The van der Waals surface area contributed by atoms with Gasteiger partial charge in [0.1, 0.15) is 18.2 Å². The van der Waals surface area contributed by atoms with Crippen LogP contribution in [-0.2, 0) is 23.2 Å². The molecule has 7 nitrogen and oxygen atoms in total. The molecule has 1 fully saturated rings. The van der Waals surface area contributed by atoms with Gasteiger partial charge in [-0.15, -0.1) is 0 Å². The molecule has 0 aliphatic carbocycles. The molecule has 0 radical (unpaired) electrons. The number of nitrogens with zero attached hydrogens (tertiary/aromatic N) is 3. The summed E-state index contributed by atoms with van der Waals surface area (Å²) in [5.74, 6) is 1.32. The number of para-hydroxylation sites is 1. The highest BCUT2D eigenvalue weighted by Gasteiger charge is 2.57. The zero-order chi connectivity index (χ0) is 20.7. The predicted octanol–water partition coefficient (Wildman–Crippen LogP) is 3.57. The standard InChI is InChI=1S/C22H20N4O3S/c1-25-13-12-23-19(25)14-29-16-8-6-15(7-9-16)24-21(28)22-11-10-20(27)26(22)17-4-2-3-5-18(17)30-22/h2-9,12-13H,10-11,14H2,1H3,(H,24,28). The van der Waals surface area contributed by atoms with Gasteiger partial charge in [0.15, 0.2) is 4.87 Å². The highest BCUT2D eigenvalue weighted by Crippen LogP contribution is 2.56. The number of thioether (sulfide) groups is 1. The summed E-state index contributed by atoms with van der Waals surface area (Å²) in [6, 6.07) is 14.9. The molecule has 2 aliphatic rings. The molecule has 0 spiro atoms. The van der Waals surface area contributed by atoms with E-state index in [0.717, 1.165) is 16.4 Å². The number of aryl methyl sites for hydroxylation is 1. The molecule has 8 heteroatoms. The number of nitrogens with one attached hydrogen (secondary N) is 1. The summed E-state index contributed by atoms with van der Waals surface area (Å²) in [6.45, 7) is 0.365. The van der Waals surface area contributed by atoms with Crippen LogP contribution in [0.25, 0.3) is 0 Å². The summed E-state index contributed by atoms with van der Waals surface area (Å²) in [5.41, 5.74) is 1.48. The first-order valence-electron chi connectivity index (χ1n) is 9.68. The molecular formula is C22H20N4O3S. The summed E-state index contributed by atoms with van der Waals surface area (Å²) < 4.78 is 7.66. The first kappa shape index (κ1) is 18.7. The fourth-order valence-electron chi connectivity index (χ4n) is 3.85. The molecule has 3 aromatic rings. The molecule has 30 heavy (non-hydrogen) atoms. The SMILES string of the molecule is Cn1ccnc1COc1ccc(NC(=O)C23CCC(=O)N2c2ccccc2S3)cc1. The van der Waals surface area contributed by atoms with E-state index in [9.17, 15) is 9.59 Å². The third-order valence-corrected chi connectivity index (χ3v) is 6.90. The fraction of sp³-hybridized carbons (Fsp3) is 0.227. The number of fused-ring (bicyclic) bond motifs is 3. The number of carbonyl (C=O) groups is 2. The van der Waals surface area contributed by atoms with Gasteiger partial charge in [-0.2, -0.15) is 0 Å². The number of hydrogen-bond acceptors (Lipinski definition) is 5. The van der Waals surface area contributed by atoms with Crippen LogP contribution in [0.5, 0.6) is 5.75 Å². The molecule has 1 unspecified atom stereocenters. The lowest BCUT2D eigenvalue weighted by atomic mass is 10.1. The highest BCUT2D eigenvalue weighted by atomic mass is 32.2. The van der Waals surface area contributed by atoms with Crippen LogP contribution in [0.2, 0.25) is 0 Å². The molecule has 0 saturated carbocycles. The van der Waals surface area contributed by atoms with E-state index >= 15 is 0 Å². The van der Waals surface area contributed by atoms with Crippen molar-refractivity contribution in [1.82, 2.24) is 9.55 Å². The van der Waals surface area contributed by atoms with Crippen LogP contribution in [-0.4, -0.2) is 26.2 Å². The second-order valence-corrected chi connectivity index (χ2v) is 8.62. The topological polar surface area (TPSA) is 76.5 Å².